The Hall–Kier alpha value is -3.63. The van der Waals surface area contributed by atoms with Gasteiger partial charge in [-0.1, -0.05) is 0 Å². The molecule has 240 valence electrons. The second-order valence-corrected chi connectivity index (χ2v) is 15.0. The van der Waals surface area contributed by atoms with Gasteiger partial charge in [0.25, 0.3) is 0 Å². The average molecular weight is 643 g/mol. The van der Waals surface area contributed by atoms with Gasteiger partial charge in [-0.3, -0.25) is 9.88 Å². The van der Waals surface area contributed by atoms with E-state index in [2.05, 4.69) is 35.3 Å². The number of anilines is 2. The van der Waals surface area contributed by atoms with Crippen molar-refractivity contribution in [1.82, 2.24) is 24.8 Å². The molecular formula is C34H39FN8O2S. The van der Waals surface area contributed by atoms with Crippen molar-refractivity contribution in [1.29, 1.82) is 5.26 Å². The number of nitrogens with zero attached hydrogens (tertiary/aromatic N) is 6. The summed E-state index contributed by atoms with van der Waals surface area (Å²) in [6.45, 7) is 4.31. The summed E-state index contributed by atoms with van der Waals surface area (Å²) in [5, 5.41) is 15.0. The Kier molecular flexibility index (Phi) is 7.28. The molecule has 0 amide bonds. The maximum absolute atomic E-state index is 14.8. The largest absolute Gasteiger partial charge is 0.463 e. The van der Waals surface area contributed by atoms with Crippen LogP contribution in [0.15, 0.2) is 24.4 Å². The summed E-state index contributed by atoms with van der Waals surface area (Å²) in [7, 11) is 4.26. The van der Waals surface area contributed by atoms with E-state index in [9.17, 15) is 9.65 Å². The predicted octanol–water partition coefficient (Wildman–Crippen LogP) is 5.42. The highest BCUT2D eigenvalue weighted by Crippen LogP contribution is 2.47. The minimum absolute atomic E-state index is 0.0770. The molecule has 8 rings (SSSR count). The summed E-state index contributed by atoms with van der Waals surface area (Å²) in [5.74, 6) is 0.273. The first-order valence-corrected chi connectivity index (χ1v) is 17.1. The number of nitrogens with two attached hydrogens (primary N) is 1. The Balaban J connectivity index is 1.12. The summed E-state index contributed by atoms with van der Waals surface area (Å²) in [5.41, 5.74) is 8.45. The molecule has 5 heterocycles. The van der Waals surface area contributed by atoms with Crippen LogP contribution in [0.5, 0.6) is 6.01 Å². The van der Waals surface area contributed by atoms with E-state index in [1.54, 1.807) is 12.3 Å². The van der Waals surface area contributed by atoms with Gasteiger partial charge in [0, 0.05) is 54.3 Å². The Labute approximate surface area is 271 Å². The van der Waals surface area contributed by atoms with E-state index in [0.717, 1.165) is 68.6 Å². The van der Waals surface area contributed by atoms with E-state index in [-0.39, 0.29) is 16.5 Å². The highest BCUT2D eigenvalue weighted by molar-refractivity contribution is 7.23. The molecule has 2 saturated heterocycles. The van der Waals surface area contributed by atoms with Gasteiger partial charge in [-0.15, -0.1) is 11.3 Å². The summed E-state index contributed by atoms with van der Waals surface area (Å²) >= 11 is 1.08. The normalized spacial score (nSPS) is 23.0. The van der Waals surface area contributed by atoms with E-state index < -0.39 is 5.82 Å². The molecule has 3 aromatic heterocycles. The SMILES string of the molecule is CN(C)C1(CNc2nc(OCC3(CN4CC5CCC(C4)O5)CC3)nc3cc(-c4ccc(F)c5sc(N)c(C#N)c45)ncc23)CCC1. The lowest BCUT2D eigenvalue weighted by molar-refractivity contribution is -0.0460. The van der Waals surface area contributed by atoms with Crippen molar-refractivity contribution < 1.29 is 13.9 Å². The number of benzene rings is 1. The number of likely N-dealkylation sites (N-methyl/N-ethyl adjacent to an activating group) is 1. The fraction of sp³-hybridized carbons (Fsp3) is 0.529. The maximum Gasteiger partial charge on any atom is 0.318 e. The number of ether oxygens (including phenoxy) is 2. The number of morpholine rings is 1. The molecule has 2 unspecified atom stereocenters. The lowest BCUT2D eigenvalue weighted by Crippen LogP contribution is -2.54. The first-order chi connectivity index (χ1) is 22.2. The monoisotopic (exact) mass is 642 g/mol. The molecular weight excluding hydrogens is 603 g/mol. The lowest BCUT2D eigenvalue weighted by Gasteiger charge is -2.47. The van der Waals surface area contributed by atoms with Crippen LogP contribution in [0.1, 0.15) is 50.5 Å². The number of fused-ring (bicyclic) bond motifs is 4. The minimum atomic E-state index is -0.410. The summed E-state index contributed by atoms with van der Waals surface area (Å²) < 4.78 is 27.6. The van der Waals surface area contributed by atoms with Crippen LogP contribution in [0.4, 0.5) is 15.2 Å². The highest BCUT2D eigenvalue weighted by atomic mass is 32.1. The van der Waals surface area contributed by atoms with Gasteiger partial charge in [-0.05, 0) is 77.2 Å². The number of thiophene rings is 1. The van der Waals surface area contributed by atoms with E-state index in [1.165, 1.54) is 25.3 Å². The van der Waals surface area contributed by atoms with Crippen molar-refractivity contribution in [2.45, 2.75) is 62.7 Å². The minimum Gasteiger partial charge on any atom is -0.463 e. The van der Waals surface area contributed by atoms with Crippen LogP contribution < -0.4 is 15.8 Å². The number of halogens is 1. The molecule has 2 aliphatic carbocycles. The lowest BCUT2D eigenvalue weighted by atomic mass is 9.75. The summed E-state index contributed by atoms with van der Waals surface area (Å²) in [6.07, 6.45) is 10.5. The van der Waals surface area contributed by atoms with Gasteiger partial charge in [0.2, 0.25) is 0 Å². The molecule has 2 bridgehead atoms. The smallest absolute Gasteiger partial charge is 0.318 e. The third-order valence-electron chi connectivity index (χ3n) is 10.7. The molecule has 1 aromatic carbocycles. The quantitative estimate of drug-likeness (QED) is 0.232. The second-order valence-electron chi connectivity index (χ2n) is 14.0. The second kappa shape index (κ2) is 11.3. The molecule has 3 N–H and O–H groups in total. The number of nitriles is 1. The van der Waals surface area contributed by atoms with Crippen molar-refractivity contribution in [3.63, 3.8) is 0 Å². The number of likely N-dealkylation sites (tertiary alicyclic amines) is 1. The fourth-order valence-corrected chi connectivity index (χ4v) is 8.47. The molecule has 10 nitrogen and oxygen atoms in total. The number of hydrogen-bond donors (Lipinski definition) is 2. The molecule has 2 saturated carbocycles. The standard InChI is InChI=1S/C34H39FN8O2S/c1-42(2)34(8-3-9-34)17-39-31-24-14-38-26(22-6-7-25(35)29-28(22)23(13-36)30(37)46-29)12-27(24)40-32(41-31)44-19-33(10-11-33)18-43-15-20-4-5-21(16-43)45-20/h6-7,12,14,20-21H,3-5,8-11,15-19,37H2,1-2H3,(H,39,40,41). The number of aromatic nitrogens is 3. The van der Waals surface area contributed by atoms with E-state index in [4.69, 9.17) is 30.2 Å². The number of nitrogen functional groups attached to an aromatic ring is 1. The maximum atomic E-state index is 14.8. The van der Waals surface area contributed by atoms with Crippen molar-refractivity contribution in [3.05, 3.63) is 35.8 Å². The van der Waals surface area contributed by atoms with Crippen LogP contribution >= 0.6 is 11.3 Å². The van der Waals surface area contributed by atoms with Gasteiger partial charge in [0.1, 0.15) is 22.7 Å². The first kappa shape index (κ1) is 29.8. The van der Waals surface area contributed by atoms with E-state index in [0.29, 0.717) is 62.5 Å². The Morgan fingerprint density at radius 1 is 1.20 bits per heavy atom. The number of rotatable bonds is 10. The number of pyridine rings is 1. The van der Waals surface area contributed by atoms with Crippen molar-refractivity contribution in [3.8, 4) is 23.3 Å². The van der Waals surface area contributed by atoms with Crippen LogP contribution in [0, 0.1) is 22.6 Å². The Bertz CT molecular complexity index is 1850. The molecule has 0 spiro atoms. The van der Waals surface area contributed by atoms with Gasteiger partial charge in [0.15, 0.2) is 0 Å². The summed E-state index contributed by atoms with van der Waals surface area (Å²) in [4.78, 5) is 19.4. The first-order valence-electron chi connectivity index (χ1n) is 16.3. The van der Waals surface area contributed by atoms with Crippen LogP contribution in [-0.4, -0.2) is 89.4 Å². The Morgan fingerprint density at radius 3 is 2.65 bits per heavy atom. The van der Waals surface area contributed by atoms with Crippen LogP contribution in [0.3, 0.4) is 0 Å². The van der Waals surface area contributed by atoms with Gasteiger partial charge < -0.3 is 25.4 Å². The summed E-state index contributed by atoms with van der Waals surface area (Å²) in [6, 6.07) is 7.41. The molecule has 12 heteroatoms. The number of hydrogen-bond acceptors (Lipinski definition) is 11. The fourth-order valence-electron chi connectivity index (χ4n) is 7.52. The Morgan fingerprint density at radius 2 is 1.98 bits per heavy atom. The highest BCUT2D eigenvalue weighted by Gasteiger charge is 2.47. The van der Waals surface area contributed by atoms with Gasteiger partial charge in [-0.2, -0.15) is 15.2 Å². The number of nitrogens with one attached hydrogen (secondary N) is 1. The third-order valence-corrected chi connectivity index (χ3v) is 11.8. The van der Waals surface area contributed by atoms with E-state index in [1.807, 2.05) is 6.07 Å². The van der Waals surface area contributed by atoms with Crippen LogP contribution in [0.25, 0.3) is 32.2 Å². The van der Waals surface area contributed by atoms with E-state index >= 15 is 0 Å². The third kappa shape index (κ3) is 5.23. The van der Waals surface area contributed by atoms with Crippen molar-refractivity contribution in [2.24, 2.45) is 5.41 Å². The molecule has 4 aromatic rings. The zero-order valence-corrected chi connectivity index (χ0v) is 27.1. The van der Waals surface area contributed by atoms with Gasteiger partial charge in [-0.25, -0.2) is 4.39 Å². The molecule has 2 atom stereocenters. The van der Waals surface area contributed by atoms with Gasteiger partial charge in [0.05, 0.1) is 45.7 Å². The van der Waals surface area contributed by atoms with Gasteiger partial charge >= 0.3 is 6.01 Å². The topological polar surface area (TPSA) is 125 Å². The molecule has 0 radical (unpaired) electrons. The molecule has 4 aliphatic rings. The molecule has 46 heavy (non-hydrogen) atoms. The zero-order valence-electron chi connectivity index (χ0n) is 26.3. The predicted molar refractivity (Wildman–Crippen MR) is 177 cm³/mol. The zero-order chi connectivity index (χ0) is 31.6. The molecule has 2 aliphatic heterocycles. The van der Waals surface area contributed by atoms with Crippen molar-refractivity contribution in [2.75, 3.05) is 57.9 Å². The van der Waals surface area contributed by atoms with Crippen molar-refractivity contribution >= 4 is 43.1 Å². The average Bonchev–Trinajstić information content (AvgIpc) is 3.57. The van der Waals surface area contributed by atoms with Crippen LogP contribution in [-0.2, 0) is 4.74 Å². The molecule has 4 fully saturated rings. The van der Waals surface area contributed by atoms with Crippen LogP contribution in [0.2, 0.25) is 0 Å².